The molecule has 1 atom stereocenters. The van der Waals surface area contributed by atoms with E-state index < -0.39 is 0 Å². The first-order valence-corrected chi connectivity index (χ1v) is 6.63. The van der Waals surface area contributed by atoms with E-state index in [9.17, 15) is 4.39 Å². The van der Waals surface area contributed by atoms with Gasteiger partial charge in [0.1, 0.15) is 5.82 Å². The summed E-state index contributed by atoms with van der Waals surface area (Å²) in [6.45, 7) is 2.91. The lowest BCUT2D eigenvalue weighted by Gasteiger charge is -2.16. The Kier molecular flexibility index (Phi) is 3.44. The zero-order valence-electron chi connectivity index (χ0n) is 10.7. The van der Waals surface area contributed by atoms with Gasteiger partial charge >= 0.3 is 0 Å². The third-order valence-electron chi connectivity index (χ3n) is 3.82. The van der Waals surface area contributed by atoms with Crippen LogP contribution in [0.1, 0.15) is 12.0 Å². The van der Waals surface area contributed by atoms with Crippen LogP contribution in [0.4, 0.5) is 4.39 Å². The van der Waals surface area contributed by atoms with Gasteiger partial charge in [-0.25, -0.2) is 4.39 Å². The number of halogens is 1. The highest BCUT2D eigenvalue weighted by molar-refractivity contribution is 5.82. The van der Waals surface area contributed by atoms with Crippen LogP contribution < -0.4 is 0 Å². The summed E-state index contributed by atoms with van der Waals surface area (Å²) in [5, 5.41) is 9.75. The van der Waals surface area contributed by atoms with Gasteiger partial charge in [-0.15, -0.1) is 0 Å². The van der Waals surface area contributed by atoms with Gasteiger partial charge in [0.25, 0.3) is 0 Å². The highest BCUT2D eigenvalue weighted by Gasteiger charge is 2.22. The van der Waals surface area contributed by atoms with Gasteiger partial charge in [-0.1, -0.05) is 6.07 Å². The first kappa shape index (κ1) is 12.5. The van der Waals surface area contributed by atoms with Crippen LogP contribution in [0.2, 0.25) is 0 Å². The van der Waals surface area contributed by atoms with Crippen LogP contribution in [-0.2, 0) is 6.54 Å². The van der Waals surface area contributed by atoms with E-state index in [1.54, 1.807) is 18.3 Å². The number of benzene rings is 1. The zero-order valence-corrected chi connectivity index (χ0v) is 10.7. The summed E-state index contributed by atoms with van der Waals surface area (Å²) < 4.78 is 13.7. The maximum atomic E-state index is 13.7. The second-order valence-electron chi connectivity index (χ2n) is 5.18. The van der Waals surface area contributed by atoms with E-state index in [0.29, 0.717) is 11.3 Å². The Bertz CT molecular complexity index is 587. The average molecular weight is 260 g/mol. The fourth-order valence-corrected chi connectivity index (χ4v) is 2.77. The molecular weight excluding hydrogens is 243 g/mol. The van der Waals surface area contributed by atoms with Crippen LogP contribution in [0.15, 0.2) is 30.5 Å². The second kappa shape index (κ2) is 5.23. The molecule has 2 heterocycles. The van der Waals surface area contributed by atoms with Crippen molar-refractivity contribution in [3.8, 4) is 0 Å². The lowest BCUT2D eigenvalue weighted by atomic mass is 10.1. The Morgan fingerprint density at radius 3 is 3.05 bits per heavy atom. The molecule has 1 aromatic carbocycles. The van der Waals surface area contributed by atoms with Gasteiger partial charge in [-0.2, -0.15) is 0 Å². The van der Waals surface area contributed by atoms with Gasteiger partial charge < -0.3 is 5.11 Å². The molecule has 19 heavy (non-hydrogen) atoms. The molecule has 1 N–H and O–H groups in total. The fourth-order valence-electron chi connectivity index (χ4n) is 2.77. The van der Waals surface area contributed by atoms with Crippen molar-refractivity contribution in [2.75, 3.05) is 19.7 Å². The Morgan fingerprint density at radius 2 is 2.26 bits per heavy atom. The van der Waals surface area contributed by atoms with Gasteiger partial charge in [0, 0.05) is 31.3 Å². The molecule has 0 saturated carbocycles. The molecule has 1 saturated heterocycles. The van der Waals surface area contributed by atoms with Crippen molar-refractivity contribution in [3.63, 3.8) is 0 Å². The molecule has 0 bridgehead atoms. The van der Waals surface area contributed by atoms with Crippen molar-refractivity contribution < 1.29 is 9.50 Å². The molecular formula is C15H17FN2O. The topological polar surface area (TPSA) is 36.4 Å². The molecule has 0 spiro atoms. The molecule has 1 aliphatic rings. The maximum Gasteiger partial charge on any atom is 0.132 e. The number of pyridine rings is 1. The van der Waals surface area contributed by atoms with Gasteiger partial charge in [-0.3, -0.25) is 9.88 Å². The van der Waals surface area contributed by atoms with E-state index in [1.165, 1.54) is 6.07 Å². The molecule has 1 aliphatic heterocycles. The van der Waals surface area contributed by atoms with E-state index in [1.807, 2.05) is 6.07 Å². The third-order valence-corrected chi connectivity index (χ3v) is 3.82. The fraction of sp³-hybridized carbons (Fsp3) is 0.400. The minimum absolute atomic E-state index is 0.221. The molecule has 0 radical (unpaired) electrons. The Morgan fingerprint density at radius 1 is 1.37 bits per heavy atom. The summed E-state index contributed by atoms with van der Waals surface area (Å²) >= 11 is 0. The largest absolute Gasteiger partial charge is 0.396 e. The van der Waals surface area contributed by atoms with Crippen LogP contribution in [-0.4, -0.2) is 34.7 Å². The summed E-state index contributed by atoms with van der Waals surface area (Å²) in [4.78, 5) is 6.60. The maximum absolute atomic E-state index is 13.7. The molecule has 0 amide bonds. The Labute approximate surface area is 111 Å². The molecule has 1 unspecified atom stereocenters. The summed E-state index contributed by atoms with van der Waals surface area (Å²) in [5.41, 5.74) is 1.80. The number of nitrogens with zero attached hydrogens (tertiary/aromatic N) is 2. The van der Waals surface area contributed by atoms with Gasteiger partial charge in [0.05, 0.1) is 5.52 Å². The smallest absolute Gasteiger partial charge is 0.132 e. The van der Waals surface area contributed by atoms with Gasteiger partial charge in [0.15, 0.2) is 0 Å². The first-order valence-electron chi connectivity index (χ1n) is 6.63. The van der Waals surface area contributed by atoms with Crippen LogP contribution in [0, 0.1) is 11.7 Å². The lowest BCUT2D eigenvalue weighted by Crippen LogP contribution is -2.21. The SMILES string of the molecule is OCC1CCN(Cc2ccc(F)c3cccnc23)C1. The predicted molar refractivity (Wildman–Crippen MR) is 72.2 cm³/mol. The number of aliphatic hydroxyl groups is 1. The molecule has 4 heteroatoms. The highest BCUT2D eigenvalue weighted by Crippen LogP contribution is 2.23. The van der Waals surface area contributed by atoms with Crippen LogP contribution in [0.25, 0.3) is 10.9 Å². The number of likely N-dealkylation sites (tertiary alicyclic amines) is 1. The van der Waals surface area contributed by atoms with Crippen LogP contribution in [0.3, 0.4) is 0 Å². The third kappa shape index (κ3) is 2.46. The Hall–Kier alpha value is -1.52. The summed E-state index contributed by atoms with van der Waals surface area (Å²) in [5.74, 6) is 0.154. The first-order chi connectivity index (χ1) is 9.28. The Balaban J connectivity index is 1.87. The number of rotatable bonds is 3. The van der Waals surface area contributed by atoms with Gasteiger partial charge in [0.2, 0.25) is 0 Å². The highest BCUT2D eigenvalue weighted by atomic mass is 19.1. The van der Waals surface area contributed by atoms with Crippen molar-refractivity contribution in [2.45, 2.75) is 13.0 Å². The second-order valence-corrected chi connectivity index (χ2v) is 5.18. The standard InChI is InChI=1S/C15H17FN2O/c16-14-4-3-12(15-13(14)2-1-6-17-15)9-18-7-5-11(8-18)10-19/h1-4,6,11,19H,5,7-10H2. The summed E-state index contributed by atoms with van der Waals surface area (Å²) in [6.07, 6.45) is 2.73. The van der Waals surface area contributed by atoms with E-state index in [0.717, 1.165) is 37.1 Å². The summed E-state index contributed by atoms with van der Waals surface area (Å²) in [7, 11) is 0. The number of hydrogen-bond donors (Lipinski definition) is 1. The molecule has 3 rings (SSSR count). The number of fused-ring (bicyclic) bond motifs is 1. The summed E-state index contributed by atoms with van der Waals surface area (Å²) in [6, 6.07) is 6.85. The minimum Gasteiger partial charge on any atom is -0.396 e. The van der Waals surface area contributed by atoms with Gasteiger partial charge in [-0.05, 0) is 42.6 Å². The number of aromatic nitrogens is 1. The monoisotopic (exact) mass is 260 g/mol. The predicted octanol–water partition coefficient (Wildman–Crippen LogP) is 2.19. The van der Waals surface area contributed by atoms with Crippen molar-refractivity contribution in [3.05, 3.63) is 41.8 Å². The van der Waals surface area contributed by atoms with Crippen molar-refractivity contribution in [1.82, 2.24) is 9.88 Å². The van der Waals surface area contributed by atoms with E-state index in [4.69, 9.17) is 5.11 Å². The van der Waals surface area contributed by atoms with Crippen molar-refractivity contribution >= 4 is 10.9 Å². The van der Waals surface area contributed by atoms with Crippen molar-refractivity contribution in [1.29, 1.82) is 0 Å². The van der Waals surface area contributed by atoms with E-state index in [-0.39, 0.29) is 12.4 Å². The lowest BCUT2D eigenvalue weighted by molar-refractivity contribution is 0.220. The van der Waals surface area contributed by atoms with E-state index >= 15 is 0 Å². The average Bonchev–Trinajstić information content (AvgIpc) is 2.90. The molecule has 2 aromatic rings. The number of hydrogen-bond acceptors (Lipinski definition) is 3. The molecule has 3 nitrogen and oxygen atoms in total. The van der Waals surface area contributed by atoms with Crippen LogP contribution >= 0.6 is 0 Å². The van der Waals surface area contributed by atoms with Crippen molar-refractivity contribution in [2.24, 2.45) is 5.92 Å². The molecule has 1 fully saturated rings. The normalized spacial score (nSPS) is 20.2. The molecule has 0 aliphatic carbocycles. The van der Waals surface area contributed by atoms with Crippen LogP contribution in [0.5, 0.6) is 0 Å². The number of aliphatic hydroxyl groups excluding tert-OH is 1. The molecule has 1 aromatic heterocycles. The molecule has 100 valence electrons. The minimum atomic E-state index is -0.221. The zero-order chi connectivity index (χ0) is 13.2. The van der Waals surface area contributed by atoms with E-state index in [2.05, 4.69) is 9.88 Å². The quantitative estimate of drug-likeness (QED) is 0.919.